The lowest BCUT2D eigenvalue weighted by atomic mass is 10.1. The molecule has 0 saturated heterocycles. The maximum absolute atomic E-state index is 13.4. The summed E-state index contributed by atoms with van der Waals surface area (Å²) in [5, 5.41) is 0.782. The number of fused-ring (bicyclic) bond motifs is 1. The zero-order valence-corrected chi connectivity index (χ0v) is 19.1. The van der Waals surface area contributed by atoms with Crippen molar-refractivity contribution in [2.24, 2.45) is 0 Å². The normalized spacial score (nSPS) is 11.3. The van der Waals surface area contributed by atoms with E-state index in [1.807, 2.05) is 48.2 Å². The van der Waals surface area contributed by atoms with E-state index in [1.54, 1.807) is 11.3 Å². The molecule has 0 aliphatic heterocycles. The summed E-state index contributed by atoms with van der Waals surface area (Å²) in [5.41, 5.74) is 5.14. The third-order valence-electron chi connectivity index (χ3n) is 4.98. The number of nitrogens with one attached hydrogen (secondary N) is 1. The Balaban J connectivity index is 1.95. The number of hydrogen-bond acceptors (Lipinski definition) is 4. The molecule has 1 aromatic heterocycles. The Bertz CT molecular complexity index is 992. The highest BCUT2D eigenvalue weighted by molar-refractivity contribution is 7.22. The molecule has 6 heteroatoms. The van der Waals surface area contributed by atoms with E-state index < -0.39 is 0 Å². The van der Waals surface area contributed by atoms with Crippen molar-refractivity contribution < 1.29 is 9.69 Å². The smallest absolute Gasteiger partial charge is 0.260 e. The van der Waals surface area contributed by atoms with Crippen molar-refractivity contribution in [3.8, 4) is 0 Å². The minimum atomic E-state index is 0.0116. The van der Waals surface area contributed by atoms with Crippen LogP contribution in [0.15, 0.2) is 36.4 Å². The quantitative estimate of drug-likeness (QED) is 0.649. The van der Waals surface area contributed by atoms with Crippen molar-refractivity contribution >= 4 is 38.3 Å². The highest BCUT2D eigenvalue weighted by atomic mass is 32.1. The van der Waals surface area contributed by atoms with E-state index in [9.17, 15) is 4.79 Å². The minimum absolute atomic E-state index is 0.0116. The number of carbonyl (C=O) groups is 1. The van der Waals surface area contributed by atoms with Crippen molar-refractivity contribution in [1.29, 1.82) is 0 Å². The zero-order valence-electron chi connectivity index (χ0n) is 18.2. The van der Waals surface area contributed by atoms with Gasteiger partial charge in [-0.25, -0.2) is 4.98 Å². The van der Waals surface area contributed by atoms with Crippen molar-refractivity contribution in [3.05, 3.63) is 53.1 Å². The number of aromatic nitrogens is 1. The summed E-state index contributed by atoms with van der Waals surface area (Å²) in [5.74, 6) is 0.0116. The van der Waals surface area contributed by atoms with Gasteiger partial charge in [0.25, 0.3) is 5.91 Å². The number of hydrogen-bond donors (Lipinski definition) is 1. The summed E-state index contributed by atoms with van der Waals surface area (Å²) >= 11 is 1.60. The van der Waals surface area contributed by atoms with Crippen LogP contribution < -0.4 is 14.7 Å². The average molecular weight is 412 g/mol. The molecule has 3 aromatic rings. The standard InChI is InChI=1S/C23H30N4OS/c1-16-14-17(2)21-20(15-16)29-23(24-21)27(13-7-12-25(3)4)22(28)18-8-10-19(11-9-18)26(5)6/h8-11,14-15H,7,12-13H2,1-6H3/p+1. The van der Waals surface area contributed by atoms with E-state index in [0.717, 1.165) is 39.6 Å². The largest absolute Gasteiger partial charge is 0.378 e. The van der Waals surface area contributed by atoms with Gasteiger partial charge in [-0.1, -0.05) is 17.4 Å². The first-order valence-corrected chi connectivity index (χ1v) is 10.8. The molecule has 29 heavy (non-hydrogen) atoms. The van der Waals surface area contributed by atoms with Crippen molar-refractivity contribution in [3.63, 3.8) is 0 Å². The van der Waals surface area contributed by atoms with Gasteiger partial charge in [0.1, 0.15) is 0 Å². The number of anilines is 2. The van der Waals surface area contributed by atoms with Crippen molar-refractivity contribution in [2.75, 3.05) is 51.1 Å². The Morgan fingerprint density at radius 1 is 1.10 bits per heavy atom. The van der Waals surface area contributed by atoms with Gasteiger partial charge in [0.2, 0.25) is 0 Å². The fraction of sp³-hybridized carbons (Fsp3) is 0.391. The zero-order chi connectivity index (χ0) is 21.1. The monoisotopic (exact) mass is 411 g/mol. The van der Waals surface area contributed by atoms with Crippen LogP contribution in [0.25, 0.3) is 10.2 Å². The number of nitrogens with zero attached hydrogens (tertiary/aromatic N) is 3. The van der Waals surface area contributed by atoms with Crippen molar-refractivity contribution in [1.82, 2.24) is 4.98 Å². The molecule has 0 aliphatic rings. The number of rotatable bonds is 7. The van der Waals surface area contributed by atoms with Gasteiger partial charge in [0.15, 0.2) is 5.13 Å². The highest BCUT2D eigenvalue weighted by Crippen LogP contribution is 2.32. The number of thiazole rings is 1. The first-order valence-electron chi connectivity index (χ1n) is 10.0. The molecule has 0 saturated carbocycles. The molecule has 1 N–H and O–H groups in total. The molecule has 1 amide bonds. The summed E-state index contributed by atoms with van der Waals surface area (Å²) in [6, 6.07) is 12.1. The van der Waals surface area contributed by atoms with E-state index in [1.165, 1.54) is 10.5 Å². The van der Waals surface area contributed by atoms with E-state index >= 15 is 0 Å². The number of aryl methyl sites for hydroxylation is 2. The molecule has 154 valence electrons. The van der Waals surface area contributed by atoms with Crippen LogP contribution in [0.5, 0.6) is 0 Å². The summed E-state index contributed by atoms with van der Waals surface area (Å²) in [6.07, 6.45) is 0.928. The lowest BCUT2D eigenvalue weighted by molar-refractivity contribution is -0.858. The molecule has 0 unspecified atom stereocenters. The topological polar surface area (TPSA) is 40.9 Å². The first kappa shape index (κ1) is 21.3. The van der Waals surface area contributed by atoms with Crippen molar-refractivity contribution in [2.45, 2.75) is 20.3 Å². The SMILES string of the molecule is Cc1cc(C)c2nc(N(CCC[NH+](C)C)C(=O)c3ccc(N(C)C)cc3)sc2c1. The Labute approximate surface area is 177 Å². The van der Waals surface area contributed by atoms with Crippen LogP contribution in [0.2, 0.25) is 0 Å². The summed E-state index contributed by atoms with van der Waals surface area (Å²) < 4.78 is 1.14. The van der Waals surface area contributed by atoms with Gasteiger partial charge in [-0.05, 0) is 55.3 Å². The molecule has 5 nitrogen and oxygen atoms in total. The first-order chi connectivity index (χ1) is 13.8. The van der Waals surface area contributed by atoms with Crippen LogP contribution in [0.4, 0.5) is 10.8 Å². The lowest BCUT2D eigenvalue weighted by Gasteiger charge is -2.21. The lowest BCUT2D eigenvalue weighted by Crippen LogP contribution is -3.05. The molecule has 0 radical (unpaired) electrons. The molecule has 3 rings (SSSR count). The Morgan fingerprint density at radius 2 is 1.79 bits per heavy atom. The van der Waals surface area contributed by atoms with Gasteiger partial charge in [-0.2, -0.15) is 0 Å². The molecule has 0 fully saturated rings. The van der Waals surface area contributed by atoms with Gasteiger partial charge in [-0.3, -0.25) is 9.69 Å². The van der Waals surface area contributed by atoms with Crippen LogP contribution >= 0.6 is 11.3 Å². The van der Waals surface area contributed by atoms with Crippen LogP contribution in [-0.2, 0) is 0 Å². The van der Waals surface area contributed by atoms with E-state index in [2.05, 4.69) is 40.1 Å². The molecule has 1 heterocycles. The molecule has 0 spiro atoms. The van der Waals surface area contributed by atoms with E-state index in [-0.39, 0.29) is 5.91 Å². The fourth-order valence-electron chi connectivity index (χ4n) is 3.41. The fourth-order valence-corrected chi connectivity index (χ4v) is 4.57. The number of carbonyl (C=O) groups excluding carboxylic acids is 1. The van der Waals surface area contributed by atoms with Gasteiger partial charge in [0.05, 0.1) is 30.9 Å². The summed E-state index contributed by atoms with van der Waals surface area (Å²) in [6.45, 7) is 5.85. The van der Waals surface area contributed by atoms with E-state index in [0.29, 0.717) is 12.1 Å². The average Bonchev–Trinajstić information content (AvgIpc) is 3.08. The molecule has 0 atom stereocenters. The minimum Gasteiger partial charge on any atom is -0.378 e. The molecular weight excluding hydrogens is 380 g/mol. The maximum Gasteiger partial charge on any atom is 0.260 e. The van der Waals surface area contributed by atoms with Crippen LogP contribution in [0.1, 0.15) is 27.9 Å². The number of benzene rings is 2. The predicted octanol–water partition coefficient (Wildman–Crippen LogP) is 3.16. The Kier molecular flexibility index (Phi) is 6.55. The third-order valence-corrected chi connectivity index (χ3v) is 6.01. The van der Waals surface area contributed by atoms with E-state index in [4.69, 9.17) is 4.98 Å². The van der Waals surface area contributed by atoms with Crippen LogP contribution in [-0.4, -0.2) is 52.2 Å². The molecule has 0 bridgehead atoms. The van der Waals surface area contributed by atoms with Gasteiger partial charge < -0.3 is 9.80 Å². The van der Waals surface area contributed by atoms with Gasteiger partial charge >= 0.3 is 0 Å². The third kappa shape index (κ3) is 4.95. The second-order valence-electron chi connectivity index (χ2n) is 8.13. The number of quaternary nitrogens is 1. The van der Waals surface area contributed by atoms with Crippen LogP contribution in [0, 0.1) is 13.8 Å². The highest BCUT2D eigenvalue weighted by Gasteiger charge is 2.22. The molecule has 0 aliphatic carbocycles. The summed E-state index contributed by atoms with van der Waals surface area (Å²) in [4.78, 5) is 23.5. The predicted molar refractivity (Wildman–Crippen MR) is 124 cm³/mol. The van der Waals surface area contributed by atoms with Crippen LogP contribution in [0.3, 0.4) is 0 Å². The second kappa shape index (κ2) is 8.93. The van der Waals surface area contributed by atoms with Gasteiger partial charge in [0, 0.05) is 38.3 Å². The second-order valence-corrected chi connectivity index (χ2v) is 9.14. The number of amides is 1. The Hall–Kier alpha value is -2.44. The molecular formula is C23H31N4OS+. The Morgan fingerprint density at radius 3 is 2.41 bits per heavy atom. The van der Waals surface area contributed by atoms with Gasteiger partial charge in [-0.15, -0.1) is 0 Å². The maximum atomic E-state index is 13.4. The molecule has 2 aromatic carbocycles. The summed E-state index contributed by atoms with van der Waals surface area (Å²) in [7, 11) is 8.27.